The van der Waals surface area contributed by atoms with Crippen LogP contribution in [0.5, 0.6) is 0 Å². The Kier molecular flexibility index (Phi) is 15.0. The number of nitrogens with zero attached hydrogens (tertiary/aromatic N) is 1. The number of benzene rings is 1. The van der Waals surface area contributed by atoms with Crippen LogP contribution in [-0.2, 0) is 16.0 Å². The average molecular weight is 477 g/mol. The maximum atomic E-state index is 11.6. The second kappa shape index (κ2) is 15.9. The first-order valence-corrected chi connectivity index (χ1v) is 8.99. The van der Waals surface area contributed by atoms with Gasteiger partial charge in [-0.25, -0.2) is 4.79 Å². The zero-order valence-electron chi connectivity index (χ0n) is 16.0. The highest BCUT2D eigenvalue weighted by Gasteiger charge is 2.05. The van der Waals surface area contributed by atoms with Crippen LogP contribution in [0.2, 0.25) is 0 Å². The number of guanidine groups is 1. The Labute approximate surface area is 174 Å². The Hall–Kier alpha value is -1.35. The lowest BCUT2D eigenvalue weighted by molar-refractivity contribution is 0.0526. The fraction of sp³-hybridized carbons (Fsp3) is 0.579. The Morgan fingerprint density at radius 2 is 1.77 bits per heavy atom. The largest absolute Gasteiger partial charge is 0.462 e. The van der Waals surface area contributed by atoms with Gasteiger partial charge >= 0.3 is 5.97 Å². The first-order chi connectivity index (χ1) is 12.2. The molecule has 1 aromatic carbocycles. The van der Waals surface area contributed by atoms with Gasteiger partial charge in [0.2, 0.25) is 0 Å². The van der Waals surface area contributed by atoms with Gasteiger partial charge in [0.1, 0.15) is 0 Å². The molecular weight excluding hydrogens is 445 g/mol. The molecule has 0 spiro atoms. The van der Waals surface area contributed by atoms with Crippen LogP contribution in [0.1, 0.15) is 49.0 Å². The van der Waals surface area contributed by atoms with E-state index < -0.39 is 0 Å². The number of esters is 1. The van der Waals surface area contributed by atoms with Crippen molar-refractivity contribution in [1.82, 2.24) is 10.6 Å². The first-order valence-electron chi connectivity index (χ1n) is 8.99. The fourth-order valence-corrected chi connectivity index (χ4v) is 2.11. The molecule has 0 atom stereocenters. The van der Waals surface area contributed by atoms with Gasteiger partial charge in [0, 0.05) is 33.4 Å². The summed E-state index contributed by atoms with van der Waals surface area (Å²) in [5.74, 6) is 0.462. The summed E-state index contributed by atoms with van der Waals surface area (Å²) in [5, 5.41) is 6.51. The number of rotatable bonds is 11. The minimum absolute atomic E-state index is 0. The van der Waals surface area contributed by atoms with Gasteiger partial charge in [-0.1, -0.05) is 25.5 Å². The van der Waals surface area contributed by atoms with E-state index in [1.54, 1.807) is 26.1 Å². The van der Waals surface area contributed by atoms with Crippen molar-refractivity contribution >= 4 is 35.9 Å². The molecule has 1 rings (SSSR count). The first kappa shape index (κ1) is 24.7. The standard InChI is InChI=1S/C19H31N3O3.HI/c1-4-6-13-24-14-7-12-21-19(20-3)22-15-16-8-10-17(11-9-16)18(23)25-5-2;/h8-11H,4-7,12-15H2,1-3H3,(H2,20,21,22);1H. The third-order valence-corrected chi connectivity index (χ3v) is 3.55. The number of unbranched alkanes of at least 4 members (excludes halogenated alkanes) is 1. The van der Waals surface area contributed by atoms with Crippen LogP contribution in [0.4, 0.5) is 0 Å². The number of halogens is 1. The fourth-order valence-electron chi connectivity index (χ4n) is 2.11. The summed E-state index contributed by atoms with van der Waals surface area (Å²) in [6, 6.07) is 7.37. The number of ether oxygens (including phenoxy) is 2. The van der Waals surface area contributed by atoms with Crippen molar-refractivity contribution in [2.45, 2.75) is 39.7 Å². The molecule has 26 heavy (non-hydrogen) atoms. The van der Waals surface area contributed by atoms with Crippen molar-refractivity contribution in [3.8, 4) is 0 Å². The zero-order chi connectivity index (χ0) is 18.3. The van der Waals surface area contributed by atoms with E-state index in [0.29, 0.717) is 18.7 Å². The smallest absolute Gasteiger partial charge is 0.338 e. The van der Waals surface area contributed by atoms with E-state index in [1.807, 2.05) is 12.1 Å². The van der Waals surface area contributed by atoms with E-state index >= 15 is 0 Å². The topological polar surface area (TPSA) is 72.0 Å². The van der Waals surface area contributed by atoms with Gasteiger partial charge in [-0.2, -0.15) is 0 Å². The molecule has 0 heterocycles. The van der Waals surface area contributed by atoms with Crippen molar-refractivity contribution in [2.75, 3.05) is 33.4 Å². The molecule has 1 aromatic rings. The van der Waals surface area contributed by atoms with Crippen LogP contribution in [0, 0.1) is 0 Å². The molecule has 0 aliphatic carbocycles. The molecule has 0 aliphatic heterocycles. The molecular formula is C19H32IN3O3. The molecule has 0 saturated carbocycles. The number of carbonyl (C=O) groups excluding carboxylic acids is 1. The quantitative estimate of drug-likeness (QED) is 0.168. The predicted molar refractivity (Wildman–Crippen MR) is 116 cm³/mol. The van der Waals surface area contributed by atoms with Gasteiger partial charge in [-0.15, -0.1) is 24.0 Å². The number of hydrogen-bond donors (Lipinski definition) is 2. The summed E-state index contributed by atoms with van der Waals surface area (Å²) in [6.45, 7) is 7.39. The maximum Gasteiger partial charge on any atom is 0.338 e. The van der Waals surface area contributed by atoms with Crippen molar-refractivity contribution < 1.29 is 14.3 Å². The Morgan fingerprint density at radius 1 is 1.08 bits per heavy atom. The highest BCUT2D eigenvalue weighted by molar-refractivity contribution is 14.0. The predicted octanol–water partition coefficient (Wildman–Crippen LogP) is 3.35. The molecule has 6 nitrogen and oxygen atoms in total. The average Bonchev–Trinajstić information content (AvgIpc) is 2.64. The molecule has 0 unspecified atom stereocenters. The molecule has 0 saturated heterocycles. The monoisotopic (exact) mass is 477 g/mol. The van der Waals surface area contributed by atoms with E-state index in [9.17, 15) is 4.79 Å². The van der Waals surface area contributed by atoms with Crippen molar-refractivity contribution in [3.63, 3.8) is 0 Å². The molecule has 2 N–H and O–H groups in total. The van der Waals surface area contributed by atoms with E-state index in [4.69, 9.17) is 9.47 Å². The van der Waals surface area contributed by atoms with Gasteiger partial charge in [0.15, 0.2) is 5.96 Å². The van der Waals surface area contributed by atoms with E-state index in [1.165, 1.54) is 0 Å². The Morgan fingerprint density at radius 3 is 2.38 bits per heavy atom. The summed E-state index contributed by atoms with van der Waals surface area (Å²) < 4.78 is 10.5. The summed E-state index contributed by atoms with van der Waals surface area (Å²) in [7, 11) is 1.75. The zero-order valence-corrected chi connectivity index (χ0v) is 18.4. The van der Waals surface area contributed by atoms with Gasteiger partial charge in [-0.3, -0.25) is 4.99 Å². The Balaban J connectivity index is 0.00000625. The molecule has 0 bridgehead atoms. The molecule has 7 heteroatoms. The van der Waals surface area contributed by atoms with Gasteiger partial charge in [0.05, 0.1) is 12.2 Å². The van der Waals surface area contributed by atoms with Crippen molar-refractivity contribution in [1.29, 1.82) is 0 Å². The minimum atomic E-state index is -0.291. The minimum Gasteiger partial charge on any atom is -0.462 e. The van der Waals surface area contributed by atoms with Crippen LogP contribution in [0.15, 0.2) is 29.3 Å². The van der Waals surface area contributed by atoms with E-state index in [0.717, 1.165) is 50.5 Å². The third kappa shape index (κ3) is 10.6. The second-order valence-electron chi connectivity index (χ2n) is 5.59. The van der Waals surface area contributed by atoms with Gasteiger partial charge < -0.3 is 20.1 Å². The molecule has 0 radical (unpaired) electrons. The van der Waals surface area contributed by atoms with E-state index in [-0.39, 0.29) is 29.9 Å². The summed E-state index contributed by atoms with van der Waals surface area (Å²) in [4.78, 5) is 15.8. The van der Waals surface area contributed by atoms with Crippen LogP contribution in [-0.4, -0.2) is 45.3 Å². The van der Waals surface area contributed by atoms with E-state index in [2.05, 4.69) is 22.5 Å². The van der Waals surface area contributed by atoms with Crippen molar-refractivity contribution in [3.05, 3.63) is 35.4 Å². The molecule has 0 amide bonds. The number of hydrogen-bond acceptors (Lipinski definition) is 4. The van der Waals surface area contributed by atoms with Crippen LogP contribution < -0.4 is 10.6 Å². The third-order valence-electron chi connectivity index (χ3n) is 3.55. The number of aliphatic imine (C=N–C) groups is 1. The summed E-state index contributed by atoms with van der Waals surface area (Å²) in [5.41, 5.74) is 1.63. The molecule has 0 aliphatic rings. The number of nitrogens with one attached hydrogen (secondary N) is 2. The number of carbonyl (C=O) groups is 1. The lowest BCUT2D eigenvalue weighted by atomic mass is 10.1. The highest BCUT2D eigenvalue weighted by Crippen LogP contribution is 2.06. The van der Waals surface area contributed by atoms with Crippen molar-refractivity contribution in [2.24, 2.45) is 4.99 Å². The van der Waals surface area contributed by atoms with Gasteiger partial charge in [-0.05, 0) is 37.5 Å². The highest BCUT2D eigenvalue weighted by atomic mass is 127. The molecule has 148 valence electrons. The van der Waals surface area contributed by atoms with Crippen LogP contribution in [0.25, 0.3) is 0 Å². The lowest BCUT2D eigenvalue weighted by Crippen LogP contribution is -2.37. The molecule has 0 aromatic heterocycles. The summed E-state index contributed by atoms with van der Waals surface area (Å²) in [6.07, 6.45) is 3.22. The lowest BCUT2D eigenvalue weighted by Gasteiger charge is -2.12. The van der Waals surface area contributed by atoms with Crippen LogP contribution in [0.3, 0.4) is 0 Å². The maximum absolute atomic E-state index is 11.6. The summed E-state index contributed by atoms with van der Waals surface area (Å²) >= 11 is 0. The van der Waals surface area contributed by atoms with Gasteiger partial charge in [0.25, 0.3) is 0 Å². The normalized spacial score (nSPS) is 10.8. The van der Waals surface area contributed by atoms with Crippen LogP contribution >= 0.6 is 24.0 Å². The molecule has 0 fully saturated rings. The SMILES string of the molecule is CCCCOCCCNC(=NC)NCc1ccc(C(=O)OCC)cc1.I. The second-order valence-corrected chi connectivity index (χ2v) is 5.59. The Bertz CT molecular complexity index is 521.